The molecule has 5 heteroatoms. The third kappa shape index (κ3) is 2.91. The van der Waals surface area contributed by atoms with Gasteiger partial charge in [0.25, 0.3) is 0 Å². The summed E-state index contributed by atoms with van der Waals surface area (Å²) in [4.78, 5) is 2.67. The average Bonchev–Trinajstić information content (AvgIpc) is 2.14. The molecule has 0 saturated heterocycles. The Morgan fingerprint density at radius 3 is 2.36 bits per heavy atom. The zero-order chi connectivity index (χ0) is 10.6. The number of rotatable bonds is 3. The second-order valence-corrected chi connectivity index (χ2v) is 6.62. The molecule has 0 atom stereocenters. The highest BCUT2D eigenvalue weighted by Crippen LogP contribution is 2.34. The van der Waals surface area contributed by atoms with Gasteiger partial charge >= 0.3 is 0 Å². The molecule has 0 fully saturated rings. The largest absolute Gasteiger partial charge is 0.319 e. The van der Waals surface area contributed by atoms with Crippen LogP contribution in [0.2, 0.25) is 0 Å². The van der Waals surface area contributed by atoms with Crippen LogP contribution < -0.4 is 5.30 Å². The van der Waals surface area contributed by atoms with Gasteiger partial charge in [-0.2, -0.15) is 0 Å². The number of benzene rings is 1. The quantitative estimate of drug-likeness (QED) is 0.326. The van der Waals surface area contributed by atoms with E-state index >= 15 is 0 Å². The van der Waals surface area contributed by atoms with Crippen LogP contribution >= 0.6 is 7.14 Å². The van der Waals surface area contributed by atoms with Gasteiger partial charge in [0.1, 0.15) is 7.14 Å². The molecular formula is C9H12N3OP. The van der Waals surface area contributed by atoms with Gasteiger partial charge in [0.2, 0.25) is 0 Å². The molecule has 14 heavy (non-hydrogen) atoms. The lowest BCUT2D eigenvalue weighted by Crippen LogP contribution is -2.01. The highest BCUT2D eigenvalue weighted by Gasteiger charge is 2.09. The van der Waals surface area contributed by atoms with Crippen LogP contribution in [0, 0.1) is 0 Å². The topological polar surface area (TPSA) is 65.8 Å². The van der Waals surface area contributed by atoms with E-state index in [2.05, 4.69) is 10.0 Å². The second-order valence-electron chi connectivity index (χ2n) is 3.41. The molecule has 4 nitrogen and oxygen atoms in total. The molecule has 0 aliphatic heterocycles. The normalized spacial score (nSPS) is 10.7. The average molecular weight is 209 g/mol. The van der Waals surface area contributed by atoms with Crippen molar-refractivity contribution >= 4 is 12.4 Å². The second kappa shape index (κ2) is 4.32. The van der Waals surface area contributed by atoms with Crippen LogP contribution in [-0.2, 0) is 11.1 Å². The summed E-state index contributed by atoms with van der Waals surface area (Å²) >= 11 is 0. The van der Waals surface area contributed by atoms with Crippen LogP contribution in [0.4, 0.5) is 0 Å². The Kier molecular flexibility index (Phi) is 3.34. The predicted molar refractivity (Wildman–Crippen MR) is 58.4 cm³/mol. The molecule has 0 N–H and O–H groups in total. The van der Waals surface area contributed by atoms with Crippen LogP contribution in [0.25, 0.3) is 10.4 Å². The first-order valence-electron chi connectivity index (χ1n) is 4.19. The van der Waals surface area contributed by atoms with Gasteiger partial charge in [0.15, 0.2) is 0 Å². The molecule has 0 radical (unpaired) electrons. The lowest BCUT2D eigenvalue weighted by atomic mass is 10.2. The minimum atomic E-state index is -2.17. The first kappa shape index (κ1) is 10.8. The van der Waals surface area contributed by atoms with Gasteiger partial charge in [-0.25, -0.2) is 0 Å². The van der Waals surface area contributed by atoms with E-state index in [4.69, 9.17) is 5.53 Å². The molecule has 0 heterocycles. The lowest BCUT2D eigenvalue weighted by Gasteiger charge is -2.06. The summed E-state index contributed by atoms with van der Waals surface area (Å²) in [7, 11) is -2.17. The number of nitrogens with zero attached hydrogens (tertiary/aromatic N) is 3. The van der Waals surface area contributed by atoms with Gasteiger partial charge in [-0.05, 0) is 24.4 Å². The molecular weight excluding hydrogens is 197 g/mol. The van der Waals surface area contributed by atoms with Gasteiger partial charge in [-0.1, -0.05) is 29.4 Å². The molecule has 0 aliphatic carbocycles. The van der Waals surface area contributed by atoms with Crippen molar-refractivity contribution in [3.8, 4) is 0 Å². The summed E-state index contributed by atoms with van der Waals surface area (Å²) in [5.74, 6) is 0. The van der Waals surface area contributed by atoms with E-state index < -0.39 is 7.14 Å². The van der Waals surface area contributed by atoms with E-state index in [1.807, 2.05) is 24.3 Å². The van der Waals surface area contributed by atoms with E-state index in [0.717, 1.165) is 10.9 Å². The SMILES string of the molecule is CP(C)(=O)c1ccc(CN=[N+]=[N-])cc1. The van der Waals surface area contributed by atoms with Crippen molar-refractivity contribution in [2.45, 2.75) is 6.54 Å². The first-order chi connectivity index (χ1) is 6.54. The van der Waals surface area contributed by atoms with E-state index in [-0.39, 0.29) is 0 Å². The Hall–Kier alpha value is -1.24. The van der Waals surface area contributed by atoms with Crippen LogP contribution in [0.3, 0.4) is 0 Å². The van der Waals surface area contributed by atoms with E-state index in [0.29, 0.717) is 6.54 Å². The summed E-state index contributed by atoms with van der Waals surface area (Å²) in [6, 6.07) is 7.32. The van der Waals surface area contributed by atoms with E-state index in [9.17, 15) is 4.57 Å². The first-order valence-corrected chi connectivity index (χ1v) is 6.79. The van der Waals surface area contributed by atoms with Crippen molar-refractivity contribution in [3.05, 3.63) is 40.3 Å². The molecule has 1 aromatic rings. The van der Waals surface area contributed by atoms with Gasteiger partial charge in [-0.15, -0.1) is 0 Å². The van der Waals surface area contributed by atoms with Crippen molar-refractivity contribution in [3.63, 3.8) is 0 Å². The standard InChI is InChI=1S/C9H12N3OP/c1-14(2,13)9-5-3-8(4-6-9)7-11-12-10/h3-6H,7H2,1-2H3. The third-order valence-electron chi connectivity index (χ3n) is 1.87. The fourth-order valence-electron chi connectivity index (χ4n) is 1.07. The fourth-order valence-corrected chi connectivity index (χ4v) is 1.94. The van der Waals surface area contributed by atoms with Gasteiger partial charge in [-0.3, -0.25) is 0 Å². The highest BCUT2D eigenvalue weighted by molar-refractivity contribution is 7.70. The summed E-state index contributed by atoms with van der Waals surface area (Å²) in [6.07, 6.45) is 0. The molecule has 0 amide bonds. The smallest absolute Gasteiger partial charge is 0.109 e. The Balaban J connectivity index is 2.89. The van der Waals surface area contributed by atoms with Crippen molar-refractivity contribution in [1.29, 1.82) is 0 Å². The van der Waals surface area contributed by atoms with Crippen molar-refractivity contribution in [2.24, 2.45) is 5.11 Å². The maximum atomic E-state index is 11.7. The molecule has 0 unspecified atom stereocenters. The molecule has 0 aromatic heterocycles. The van der Waals surface area contributed by atoms with Gasteiger partial charge in [0.05, 0.1) is 6.54 Å². The van der Waals surface area contributed by atoms with Crippen LogP contribution in [0.5, 0.6) is 0 Å². The molecule has 1 rings (SSSR count). The molecule has 74 valence electrons. The Bertz CT molecular complexity index is 401. The minimum absolute atomic E-state index is 0.342. The predicted octanol–water partition coefficient (Wildman–Crippen LogP) is 2.74. The van der Waals surface area contributed by atoms with E-state index in [1.165, 1.54) is 0 Å². The zero-order valence-corrected chi connectivity index (χ0v) is 9.11. The molecule has 0 spiro atoms. The van der Waals surface area contributed by atoms with Crippen LogP contribution in [0.1, 0.15) is 5.56 Å². The number of hydrogen-bond donors (Lipinski definition) is 0. The summed E-state index contributed by atoms with van der Waals surface area (Å²) < 4.78 is 11.7. The van der Waals surface area contributed by atoms with Crippen LogP contribution in [-0.4, -0.2) is 13.3 Å². The van der Waals surface area contributed by atoms with E-state index in [1.54, 1.807) is 13.3 Å². The van der Waals surface area contributed by atoms with Crippen molar-refractivity contribution < 1.29 is 4.57 Å². The number of azide groups is 1. The monoisotopic (exact) mass is 209 g/mol. The summed E-state index contributed by atoms with van der Waals surface area (Å²) in [6.45, 7) is 3.80. The molecule has 1 aromatic carbocycles. The molecule has 0 aliphatic rings. The Morgan fingerprint density at radius 1 is 1.36 bits per heavy atom. The summed E-state index contributed by atoms with van der Waals surface area (Å²) in [5, 5.41) is 4.29. The summed E-state index contributed by atoms with van der Waals surface area (Å²) in [5.41, 5.74) is 9.06. The lowest BCUT2D eigenvalue weighted by molar-refractivity contribution is 0.588. The minimum Gasteiger partial charge on any atom is -0.319 e. The maximum absolute atomic E-state index is 11.7. The van der Waals surface area contributed by atoms with Crippen molar-refractivity contribution in [1.82, 2.24) is 0 Å². The molecule has 0 saturated carbocycles. The van der Waals surface area contributed by atoms with Crippen LogP contribution in [0.15, 0.2) is 29.4 Å². The van der Waals surface area contributed by atoms with Crippen molar-refractivity contribution in [2.75, 3.05) is 13.3 Å². The molecule has 0 bridgehead atoms. The maximum Gasteiger partial charge on any atom is 0.109 e. The Labute approximate surface area is 82.9 Å². The zero-order valence-electron chi connectivity index (χ0n) is 8.21. The fraction of sp³-hybridized carbons (Fsp3) is 0.333. The third-order valence-corrected chi connectivity index (χ3v) is 3.42. The number of hydrogen-bond acceptors (Lipinski definition) is 2. The Morgan fingerprint density at radius 2 is 1.93 bits per heavy atom. The highest BCUT2D eigenvalue weighted by atomic mass is 31.2. The van der Waals surface area contributed by atoms with Gasteiger partial charge < -0.3 is 4.57 Å². The van der Waals surface area contributed by atoms with Gasteiger partial charge in [0, 0.05) is 10.2 Å².